The largest absolute Gasteiger partial charge is 0.469 e. The maximum atomic E-state index is 12.1. The van der Waals surface area contributed by atoms with E-state index in [4.69, 9.17) is 45.2 Å². The van der Waals surface area contributed by atoms with Crippen LogP contribution in [0.5, 0.6) is 0 Å². The molecule has 0 aromatic heterocycles. The minimum absolute atomic E-state index is 0.0372. The van der Waals surface area contributed by atoms with Gasteiger partial charge in [-0.3, -0.25) is 24.0 Å². The maximum absolute atomic E-state index is 12.1. The SMILES string of the molecule is COC(=O)C12CCC(C(C#N)NC(=O)OC(C)(C)C)(CC1)CC2.COC(=O)C12CCC(C(N)C#N)(CC1)CC2.COC(=O)C12CCC(C(NC(=O)OC(C)(C)C)C(N)=O)(CC1)CC2.COC(=O)C12CCC(C=O)(CC1)CC2. The lowest BCUT2D eigenvalue weighted by atomic mass is 9.51. The van der Waals surface area contributed by atoms with E-state index in [-0.39, 0.29) is 62.4 Å². The molecule has 12 aliphatic carbocycles. The van der Waals surface area contributed by atoms with Gasteiger partial charge in [0.2, 0.25) is 5.91 Å². The second-order valence-corrected chi connectivity index (χ2v) is 26.0. The van der Waals surface area contributed by atoms with Gasteiger partial charge in [0.1, 0.15) is 29.6 Å². The van der Waals surface area contributed by atoms with Crippen LogP contribution in [0.3, 0.4) is 0 Å². The van der Waals surface area contributed by atoms with Crippen LogP contribution >= 0.6 is 0 Å². The molecule has 6 N–H and O–H groups in total. The normalized spacial score (nSPS) is 34.1. The highest BCUT2D eigenvalue weighted by atomic mass is 16.6. The molecule has 0 aliphatic heterocycles. The van der Waals surface area contributed by atoms with Crippen LogP contribution in [0.25, 0.3) is 0 Å². The molecule has 0 saturated heterocycles. The number of alkyl carbamates (subject to hydrolysis) is 2. The number of nitriles is 2. The third kappa shape index (κ3) is 13.3. The van der Waals surface area contributed by atoms with E-state index < -0.39 is 52.2 Å². The Morgan fingerprint density at radius 1 is 0.468 bits per heavy atom. The lowest BCUT2D eigenvalue weighted by molar-refractivity contribution is -0.165. The molecule has 0 spiro atoms. The molecule has 430 valence electrons. The van der Waals surface area contributed by atoms with Crippen LogP contribution in [0.4, 0.5) is 9.59 Å². The number of carbonyl (C=O) groups excluding carboxylic acids is 8. The summed E-state index contributed by atoms with van der Waals surface area (Å²) >= 11 is 0. The highest BCUT2D eigenvalue weighted by Gasteiger charge is 2.59. The molecule has 12 rings (SSSR count). The van der Waals surface area contributed by atoms with Gasteiger partial charge in [0, 0.05) is 10.8 Å². The van der Waals surface area contributed by atoms with Crippen molar-refractivity contribution in [1.29, 1.82) is 10.5 Å². The Bertz CT molecular complexity index is 2210. The summed E-state index contributed by atoms with van der Waals surface area (Å²) in [6, 6.07) is 2.64. The van der Waals surface area contributed by atoms with E-state index in [1.54, 1.807) is 41.5 Å². The number of fused-ring (bicyclic) bond motifs is 12. The zero-order valence-corrected chi connectivity index (χ0v) is 47.5. The topological polar surface area (TPSA) is 316 Å². The molecule has 20 heteroatoms. The van der Waals surface area contributed by atoms with Crippen molar-refractivity contribution in [2.45, 2.75) is 225 Å². The smallest absolute Gasteiger partial charge is 0.408 e. The highest BCUT2D eigenvalue weighted by Crippen LogP contribution is 2.61. The van der Waals surface area contributed by atoms with E-state index >= 15 is 0 Å². The first-order valence-corrected chi connectivity index (χ1v) is 27.6. The van der Waals surface area contributed by atoms with Gasteiger partial charge in [-0.1, -0.05) is 0 Å². The van der Waals surface area contributed by atoms with Crippen LogP contribution in [0.2, 0.25) is 0 Å². The average molecular weight is 1080 g/mol. The molecule has 0 heterocycles. The number of hydrogen-bond acceptors (Lipinski definition) is 17. The predicted octanol–water partition coefficient (Wildman–Crippen LogP) is 7.85. The number of methoxy groups -OCH3 is 4. The van der Waals surface area contributed by atoms with Gasteiger partial charge in [-0.15, -0.1) is 0 Å². The van der Waals surface area contributed by atoms with Gasteiger partial charge in [-0.2, -0.15) is 10.5 Å². The van der Waals surface area contributed by atoms with Crippen LogP contribution in [0.15, 0.2) is 0 Å². The summed E-state index contributed by atoms with van der Waals surface area (Å²) < 4.78 is 30.2. The Morgan fingerprint density at radius 2 is 0.753 bits per heavy atom. The van der Waals surface area contributed by atoms with Crippen molar-refractivity contribution in [3.05, 3.63) is 0 Å². The number of hydrogen-bond donors (Lipinski definition) is 4. The summed E-state index contributed by atoms with van der Waals surface area (Å²) in [5.41, 5.74) is 8.07. The summed E-state index contributed by atoms with van der Waals surface area (Å²) in [5.74, 6) is -1.03. The lowest BCUT2D eigenvalue weighted by Gasteiger charge is -2.54. The van der Waals surface area contributed by atoms with Crippen molar-refractivity contribution in [2.24, 2.45) is 54.8 Å². The van der Waals surface area contributed by atoms with E-state index in [0.717, 1.165) is 103 Å². The van der Waals surface area contributed by atoms with Crippen LogP contribution in [0.1, 0.15) is 196 Å². The molecule has 12 fully saturated rings. The van der Waals surface area contributed by atoms with Crippen molar-refractivity contribution >= 4 is 48.3 Å². The van der Waals surface area contributed by atoms with Crippen molar-refractivity contribution < 1.29 is 66.8 Å². The maximum Gasteiger partial charge on any atom is 0.408 e. The Kier molecular flexibility index (Phi) is 19.3. The first-order chi connectivity index (χ1) is 35.9. The molecule has 3 atom stereocenters. The van der Waals surface area contributed by atoms with Crippen molar-refractivity contribution in [1.82, 2.24) is 10.6 Å². The third-order valence-corrected chi connectivity index (χ3v) is 19.7. The quantitative estimate of drug-likeness (QED) is 0.0869. The number of rotatable bonds is 11. The fourth-order valence-corrected chi connectivity index (χ4v) is 14.3. The van der Waals surface area contributed by atoms with E-state index in [1.807, 2.05) is 0 Å². The second kappa shape index (κ2) is 23.8. The summed E-state index contributed by atoms with van der Waals surface area (Å²) in [6.07, 6.45) is 18.5. The van der Waals surface area contributed by atoms with Crippen LogP contribution in [-0.4, -0.2) is 106 Å². The van der Waals surface area contributed by atoms with E-state index in [0.29, 0.717) is 57.8 Å². The van der Waals surface area contributed by atoms with Gasteiger partial charge in [0.25, 0.3) is 0 Å². The number of aldehydes is 1. The van der Waals surface area contributed by atoms with Gasteiger partial charge in [-0.05, 0) is 206 Å². The Balaban J connectivity index is 0.000000193. The van der Waals surface area contributed by atoms with E-state index in [9.17, 15) is 43.6 Å². The number of ether oxygens (including phenoxy) is 6. The Hall–Kier alpha value is -5.50. The zero-order chi connectivity index (χ0) is 57.5. The number of nitrogens with zero attached hydrogens (tertiary/aromatic N) is 2. The summed E-state index contributed by atoms with van der Waals surface area (Å²) in [7, 11) is 5.74. The number of esters is 4. The fraction of sp³-hybridized carbons (Fsp3) is 0.825. The molecule has 3 amide bonds. The number of carbonyl (C=O) groups is 8. The van der Waals surface area contributed by atoms with E-state index in [2.05, 4.69) is 22.8 Å². The molecular weight excluding hydrogens is 993 g/mol. The standard InChI is InChI=1S/C17H28N2O5.C17H26N2O4.C12H18N2O2.C11H16O3/c1-15(2,3)24-14(22)19-11(12(18)20)16-5-8-17(9-6-16,10-7-16)13(21)23-4;1-15(2,3)23-14(21)19-12(11-18)16-5-8-17(9-6-16,10-7-16)13(20)22-4;1-16-10(15)12-5-2-11(3-6-12,4-7-12)9(14)8-13;1-14-9(13)11-5-2-10(8-12,3-6-11)4-7-11/h11H,5-10H2,1-4H3,(H2,18,20)(H,19,22);12H,5-10H2,1-4H3,(H,19,21);9H,2-7,14H2,1H3;8H,2-7H2,1H3. The molecule has 12 saturated carbocycles. The van der Waals surface area contributed by atoms with Crippen molar-refractivity contribution in [3.63, 3.8) is 0 Å². The molecule has 3 unspecified atom stereocenters. The lowest BCUT2D eigenvalue weighted by Crippen LogP contribution is -2.60. The molecule has 0 radical (unpaired) electrons. The minimum Gasteiger partial charge on any atom is -0.469 e. The molecule has 0 aromatic carbocycles. The molecular formula is C57H88N6O14. The number of nitrogens with two attached hydrogens (primary N) is 2. The Labute approximate surface area is 455 Å². The zero-order valence-electron chi connectivity index (χ0n) is 47.5. The molecule has 0 aromatic rings. The van der Waals surface area contributed by atoms with Crippen LogP contribution in [-0.2, 0) is 57.2 Å². The summed E-state index contributed by atoms with van der Waals surface area (Å²) in [4.78, 5) is 94.6. The van der Waals surface area contributed by atoms with Crippen molar-refractivity contribution in [2.75, 3.05) is 28.4 Å². The van der Waals surface area contributed by atoms with Gasteiger partial charge in [-0.25, -0.2) is 9.59 Å². The Morgan fingerprint density at radius 3 is 1.01 bits per heavy atom. The second-order valence-electron chi connectivity index (χ2n) is 26.0. The van der Waals surface area contributed by atoms with Crippen LogP contribution < -0.4 is 22.1 Å². The molecule has 77 heavy (non-hydrogen) atoms. The number of primary amides is 1. The number of nitrogens with one attached hydrogen (secondary N) is 2. The molecule has 12 aliphatic rings. The average Bonchev–Trinajstić information content (AvgIpc) is 3.45. The highest BCUT2D eigenvalue weighted by molar-refractivity contribution is 5.86. The van der Waals surface area contributed by atoms with Gasteiger partial charge < -0.3 is 55.3 Å². The number of amides is 3. The molecule has 20 nitrogen and oxygen atoms in total. The monoisotopic (exact) mass is 1080 g/mol. The predicted molar refractivity (Wildman–Crippen MR) is 279 cm³/mol. The first-order valence-electron chi connectivity index (χ1n) is 27.6. The van der Waals surface area contributed by atoms with Gasteiger partial charge in [0.15, 0.2) is 0 Å². The summed E-state index contributed by atoms with van der Waals surface area (Å²) in [5, 5.41) is 23.9. The van der Waals surface area contributed by atoms with Crippen LogP contribution in [0, 0.1) is 66.0 Å². The first kappa shape index (κ1) is 62.3. The minimum atomic E-state index is -0.789. The summed E-state index contributed by atoms with van der Waals surface area (Å²) in [6.45, 7) is 10.6. The van der Waals surface area contributed by atoms with Gasteiger partial charge >= 0.3 is 36.1 Å². The fourth-order valence-electron chi connectivity index (χ4n) is 14.3. The molecule has 8 bridgehead atoms. The van der Waals surface area contributed by atoms with Crippen molar-refractivity contribution in [3.8, 4) is 12.1 Å². The van der Waals surface area contributed by atoms with E-state index in [1.165, 1.54) is 28.4 Å². The third-order valence-electron chi connectivity index (χ3n) is 19.7. The van der Waals surface area contributed by atoms with Gasteiger partial charge in [0.05, 0.1) is 68.3 Å².